The summed E-state index contributed by atoms with van der Waals surface area (Å²) in [7, 11) is 0. The van der Waals surface area contributed by atoms with Gasteiger partial charge in [-0.1, -0.05) is 0 Å². The first-order valence-electron chi connectivity index (χ1n) is 6.14. The molecular weight excluding hydrogens is 202 g/mol. The van der Waals surface area contributed by atoms with Crippen molar-refractivity contribution in [2.45, 2.75) is 38.3 Å². The molecule has 1 aromatic heterocycles. The molecule has 5 heteroatoms. The van der Waals surface area contributed by atoms with E-state index in [-0.39, 0.29) is 0 Å². The van der Waals surface area contributed by atoms with Crippen molar-refractivity contribution in [2.75, 3.05) is 19.6 Å². The molecule has 1 aliphatic rings. The van der Waals surface area contributed by atoms with E-state index in [0.29, 0.717) is 6.04 Å². The maximum Gasteiger partial charge on any atom is 0.137 e. The van der Waals surface area contributed by atoms with Crippen molar-refractivity contribution in [1.29, 1.82) is 0 Å². The zero-order valence-electron chi connectivity index (χ0n) is 9.89. The number of aromatic nitrogens is 3. The fourth-order valence-corrected chi connectivity index (χ4v) is 1.66. The van der Waals surface area contributed by atoms with Gasteiger partial charge in [0.05, 0.1) is 6.04 Å². The minimum absolute atomic E-state index is 0.374. The lowest BCUT2D eigenvalue weighted by atomic mass is 10.3. The second kappa shape index (κ2) is 5.96. The maximum atomic E-state index is 4.12. The summed E-state index contributed by atoms with van der Waals surface area (Å²) in [6.45, 7) is 5.30. The standard InChI is InChI=1S/C11H21N5/c1-10(16-9-13-8-15-16)7-12-5-2-6-14-11-3-4-11/h8-12,14H,2-7H2,1H3. The van der Waals surface area contributed by atoms with Crippen LogP contribution in [0, 0.1) is 0 Å². The SMILES string of the molecule is CC(CNCCCNC1CC1)n1cncn1. The Bertz CT molecular complexity index is 281. The van der Waals surface area contributed by atoms with Gasteiger partial charge in [0.2, 0.25) is 0 Å². The minimum Gasteiger partial charge on any atom is -0.315 e. The highest BCUT2D eigenvalue weighted by molar-refractivity contribution is 4.80. The van der Waals surface area contributed by atoms with Crippen molar-refractivity contribution in [3.63, 3.8) is 0 Å². The third kappa shape index (κ3) is 3.90. The van der Waals surface area contributed by atoms with E-state index in [4.69, 9.17) is 0 Å². The molecule has 1 saturated carbocycles. The predicted molar refractivity (Wildman–Crippen MR) is 63.2 cm³/mol. The van der Waals surface area contributed by atoms with E-state index in [1.807, 2.05) is 4.68 Å². The maximum absolute atomic E-state index is 4.12. The average molecular weight is 223 g/mol. The van der Waals surface area contributed by atoms with Crippen LogP contribution in [-0.2, 0) is 0 Å². The Balaban J connectivity index is 1.47. The Labute approximate surface area is 96.6 Å². The summed E-state index contributed by atoms with van der Waals surface area (Å²) in [5.74, 6) is 0. The van der Waals surface area contributed by atoms with Crippen molar-refractivity contribution in [1.82, 2.24) is 25.4 Å². The van der Waals surface area contributed by atoms with Crippen molar-refractivity contribution < 1.29 is 0 Å². The van der Waals surface area contributed by atoms with Gasteiger partial charge in [-0.05, 0) is 39.3 Å². The lowest BCUT2D eigenvalue weighted by molar-refractivity contribution is 0.448. The quantitative estimate of drug-likeness (QED) is 0.633. The van der Waals surface area contributed by atoms with Crippen LogP contribution < -0.4 is 10.6 Å². The van der Waals surface area contributed by atoms with Crippen LogP contribution in [0.1, 0.15) is 32.2 Å². The minimum atomic E-state index is 0.374. The van der Waals surface area contributed by atoms with E-state index in [2.05, 4.69) is 27.6 Å². The molecule has 2 rings (SSSR count). The van der Waals surface area contributed by atoms with Crippen LogP contribution in [0.3, 0.4) is 0 Å². The smallest absolute Gasteiger partial charge is 0.137 e. The third-order valence-corrected chi connectivity index (χ3v) is 2.87. The Morgan fingerprint density at radius 1 is 1.44 bits per heavy atom. The molecule has 5 nitrogen and oxygen atoms in total. The van der Waals surface area contributed by atoms with Gasteiger partial charge in [0.1, 0.15) is 12.7 Å². The molecule has 1 fully saturated rings. The highest BCUT2D eigenvalue weighted by Crippen LogP contribution is 2.18. The highest BCUT2D eigenvalue weighted by atomic mass is 15.3. The van der Waals surface area contributed by atoms with Crippen LogP contribution in [0.4, 0.5) is 0 Å². The first kappa shape index (κ1) is 11.5. The van der Waals surface area contributed by atoms with Crippen LogP contribution in [0.2, 0.25) is 0 Å². The average Bonchev–Trinajstić information content (AvgIpc) is 2.95. The van der Waals surface area contributed by atoms with Gasteiger partial charge in [0.15, 0.2) is 0 Å². The van der Waals surface area contributed by atoms with Gasteiger partial charge in [-0.2, -0.15) is 5.10 Å². The number of nitrogens with one attached hydrogen (secondary N) is 2. The topological polar surface area (TPSA) is 54.8 Å². The first-order valence-corrected chi connectivity index (χ1v) is 6.14. The van der Waals surface area contributed by atoms with E-state index in [1.165, 1.54) is 19.3 Å². The largest absolute Gasteiger partial charge is 0.315 e. The molecule has 0 radical (unpaired) electrons. The molecule has 0 amide bonds. The predicted octanol–water partition coefficient (Wildman–Crippen LogP) is 0.571. The fourth-order valence-electron chi connectivity index (χ4n) is 1.66. The van der Waals surface area contributed by atoms with Gasteiger partial charge in [0, 0.05) is 12.6 Å². The molecule has 2 N–H and O–H groups in total. The second-order valence-electron chi connectivity index (χ2n) is 4.51. The van der Waals surface area contributed by atoms with Gasteiger partial charge < -0.3 is 10.6 Å². The van der Waals surface area contributed by atoms with Crippen LogP contribution in [-0.4, -0.2) is 40.4 Å². The second-order valence-corrected chi connectivity index (χ2v) is 4.51. The Morgan fingerprint density at radius 2 is 2.31 bits per heavy atom. The molecule has 0 spiro atoms. The molecule has 1 aromatic rings. The summed E-state index contributed by atoms with van der Waals surface area (Å²) in [5, 5.41) is 11.1. The van der Waals surface area contributed by atoms with Crippen molar-refractivity contribution >= 4 is 0 Å². The summed E-state index contributed by atoms with van der Waals surface area (Å²) in [6, 6.07) is 1.20. The summed E-state index contributed by atoms with van der Waals surface area (Å²) in [6.07, 6.45) is 7.28. The van der Waals surface area contributed by atoms with E-state index in [0.717, 1.165) is 25.7 Å². The molecule has 1 aliphatic carbocycles. The Kier molecular flexibility index (Phi) is 4.30. The molecule has 16 heavy (non-hydrogen) atoms. The van der Waals surface area contributed by atoms with Gasteiger partial charge in [-0.15, -0.1) is 0 Å². The molecule has 0 saturated heterocycles. The summed E-state index contributed by atoms with van der Waals surface area (Å²) < 4.78 is 1.88. The number of rotatable bonds is 8. The van der Waals surface area contributed by atoms with E-state index >= 15 is 0 Å². The van der Waals surface area contributed by atoms with E-state index in [1.54, 1.807) is 12.7 Å². The van der Waals surface area contributed by atoms with Gasteiger partial charge in [0.25, 0.3) is 0 Å². The lowest BCUT2D eigenvalue weighted by Crippen LogP contribution is -2.27. The zero-order valence-corrected chi connectivity index (χ0v) is 9.89. The lowest BCUT2D eigenvalue weighted by Gasteiger charge is -2.12. The molecule has 0 bridgehead atoms. The molecule has 1 atom stereocenters. The number of hydrogen-bond donors (Lipinski definition) is 2. The summed E-state index contributed by atoms with van der Waals surface area (Å²) in [5.41, 5.74) is 0. The van der Waals surface area contributed by atoms with Crippen LogP contribution >= 0.6 is 0 Å². The van der Waals surface area contributed by atoms with Crippen LogP contribution in [0.15, 0.2) is 12.7 Å². The molecular formula is C11H21N5. The van der Waals surface area contributed by atoms with E-state index < -0.39 is 0 Å². The van der Waals surface area contributed by atoms with Crippen molar-refractivity contribution in [3.8, 4) is 0 Å². The normalized spacial score (nSPS) is 17.6. The molecule has 1 unspecified atom stereocenters. The molecule has 0 aromatic carbocycles. The third-order valence-electron chi connectivity index (χ3n) is 2.87. The summed E-state index contributed by atoms with van der Waals surface area (Å²) >= 11 is 0. The van der Waals surface area contributed by atoms with Crippen molar-refractivity contribution in [3.05, 3.63) is 12.7 Å². The summed E-state index contributed by atoms with van der Waals surface area (Å²) in [4.78, 5) is 3.94. The van der Waals surface area contributed by atoms with Crippen LogP contribution in [0.5, 0.6) is 0 Å². The van der Waals surface area contributed by atoms with Gasteiger partial charge >= 0.3 is 0 Å². The molecule has 0 aliphatic heterocycles. The Morgan fingerprint density at radius 3 is 3.00 bits per heavy atom. The Hall–Kier alpha value is -0.940. The van der Waals surface area contributed by atoms with Crippen LogP contribution in [0.25, 0.3) is 0 Å². The highest BCUT2D eigenvalue weighted by Gasteiger charge is 2.19. The fraction of sp³-hybridized carbons (Fsp3) is 0.818. The number of nitrogens with zero attached hydrogens (tertiary/aromatic N) is 3. The first-order chi connectivity index (χ1) is 7.86. The van der Waals surface area contributed by atoms with Gasteiger partial charge in [-0.3, -0.25) is 0 Å². The van der Waals surface area contributed by atoms with Gasteiger partial charge in [-0.25, -0.2) is 9.67 Å². The van der Waals surface area contributed by atoms with E-state index in [9.17, 15) is 0 Å². The number of hydrogen-bond acceptors (Lipinski definition) is 4. The van der Waals surface area contributed by atoms with Crippen molar-refractivity contribution in [2.24, 2.45) is 0 Å². The molecule has 1 heterocycles. The zero-order chi connectivity index (χ0) is 11.2. The molecule has 90 valence electrons. The monoisotopic (exact) mass is 223 g/mol.